The molecule has 43 heavy (non-hydrogen) atoms. The van der Waals surface area contributed by atoms with Gasteiger partial charge >= 0.3 is 0 Å². The maximum Gasteiger partial charge on any atom is 0.123 e. The van der Waals surface area contributed by atoms with Gasteiger partial charge in [-0.1, -0.05) is 36.4 Å². The fourth-order valence-corrected chi connectivity index (χ4v) is 8.27. The number of aromatic amines is 2. The molecule has 4 aliphatic heterocycles. The van der Waals surface area contributed by atoms with E-state index in [-0.39, 0.29) is 12.2 Å². The van der Waals surface area contributed by atoms with Gasteiger partial charge in [0.05, 0.1) is 48.1 Å². The second-order valence-corrected chi connectivity index (χ2v) is 13.1. The van der Waals surface area contributed by atoms with E-state index < -0.39 is 0 Å². The van der Waals surface area contributed by atoms with E-state index in [0.29, 0.717) is 12.1 Å². The summed E-state index contributed by atoms with van der Waals surface area (Å²) in [6, 6.07) is 19.0. The fourth-order valence-electron chi connectivity index (χ4n) is 8.27. The van der Waals surface area contributed by atoms with Crippen LogP contribution in [0.25, 0.3) is 44.4 Å². The van der Waals surface area contributed by atoms with Crippen LogP contribution in [0, 0.1) is 0 Å². The van der Waals surface area contributed by atoms with E-state index in [0.717, 1.165) is 49.0 Å². The first-order chi connectivity index (χ1) is 21.1. The number of hydrogen-bond acceptors (Lipinski definition) is 5. The predicted octanol–water partition coefficient (Wildman–Crippen LogP) is 7.73. The molecule has 0 spiro atoms. The maximum absolute atomic E-state index is 6.53. The van der Waals surface area contributed by atoms with Crippen molar-refractivity contribution in [1.29, 1.82) is 0 Å². The van der Waals surface area contributed by atoms with Crippen molar-refractivity contribution in [2.75, 3.05) is 27.2 Å². The number of aromatic nitrogens is 4. The Hall–Kier alpha value is -3.78. The normalized spacial score (nSPS) is 25.3. The van der Waals surface area contributed by atoms with Gasteiger partial charge < -0.3 is 14.7 Å². The SMILES string of the molecule is CN1CCCC1c1ncc(-c2ccc3cc(-c4ccc(-c5cnc([C@@H]6CCCN6C)[nH]5)c5c4C4CCC5O4)ccc3c2)[nH]1. The first-order valence-corrected chi connectivity index (χ1v) is 16.0. The molecule has 3 saturated heterocycles. The Balaban J connectivity index is 1.06. The van der Waals surface area contributed by atoms with Crippen LogP contribution in [-0.4, -0.2) is 56.9 Å². The third-order valence-electron chi connectivity index (χ3n) is 10.6. The van der Waals surface area contributed by atoms with E-state index in [9.17, 15) is 0 Å². The highest BCUT2D eigenvalue weighted by molar-refractivity contribution is 5.91. The third kappa shape index (κ3) is 4.13. The summed E-state index contributed by atoms with van der Waals surface area (Å²) in [4.78, 5) is 21.7. The van der Waals surface area contributed by atoms with Crippen LogP contribution in [0.15, 0.2) is 60.9 Å². The van der Waals surface area contributed by atoms with Crippen LogP contribution < -0.4 is 0 Å². The third-order valence-corrected chi connectivity index (χ3v) is 10.6. The van der Waals surface area contributed by atoms with Crippen molar-refractivity contribution in [1.82, 2.24) is 29.7 Å². The van der Waals surface area contributed by atoms with Crippen LogP contribution in [0.2, 0.25) is 0 Å². The Kier molecular flexibility index (Phi) is 5.90. The molecule has 3 fully saturated rings. The minimum atomic E-state index is 0.169. The Bertz CT molecular complexity index is 1850. The molecule has 0 amide bonds. The molecule has 4 aliphatic rings. The molecule has 2 N–H and O–H groups in total. The molecule has 7 heteroatoms. The monoisotopic (exact) mass is 570 g/mol. The summed E-state index contributed by atoms with van der Waals surface area (Å²) in [7, 11) is 4.39. The van der Waals surface area contributed by atoms with Gasteiger partial charge in [-0.3, -0.25) is 9.80 Å². The van der Waals surface area contributed by atoms with Crippen LogP contribution >= 0.6 is 0 Å². The highest BCUT2D eigenvalue weighted by Gasteiger charge is 2.42. The van der Waals surface area contributed by atoms with Gasteiger partial charge in [-0.25, -0.2) is 9.97 Å². The van der Waals surface area contributed by atoms with Gasteiger partial charge in [-0.2, -0.15) is 0 Å². The van der Waals surface area contributed by atoms with E-state index in [1.807, 2.05) is 12.4 Å². The summed E-state index contributed by atoms with van der Waals surface area (Å²) < 4.78 is 6.53. The summed E-state index contributed by atoms with van der Waals surface area (Å²) >= 11 is 0. The van der Waals surface area contributed by atoms with Crippen LogP contribution in [0.4, 0.5) is 0 Å². The number of ether oxygens (including phenoxy) is 1. The highest BCUT2D eigenvalue weighted by Crippen LogP contribution is 2.56. The average Bonchev–Trinajstić information content (AvgIpc) is 3.87. The Morgan fingerprint density at radius 3 is 1.86 bits per heavy atom. The topological polar surface area (TPSA) is 73.1 Å². The van der Waals surface area contributed by atoms with Gasteiger partial charge in [0, 0.05) is 11.1 Å². The van der Waals surface area contributed by atoms with E-state index in [1.165, 1.54) is 69.8 Å². The summed E-state index contributed by atoms with van der Waals surface area (Å²) in [5.41, 5.74) is 9.92. The molecule has 0 aliphatic carbocycles. The molecule has 6 heterocycles. The van der Waals surface area contributed by atoms with Crippen molar-refractivity contribution in [2.45, 2.75) is 62.8 Å². The molecule has 0 radical (unpaired) electrons. The van der Waals surface area contributed by atoms with Crippen molar-refractivity contribution in [2.24, 2.45) is 0 Å². The van der Waals surface area contributed by atoms with Crippen molar-refractivity contribution >= 4 is 10.8 Å². The summed E-state index contributed by atoms with van der Waals surface area (Å²) in [5, 5.41) is 2.49. The van der Waals surface area contributed by atoms with Crippen LogP contribution in [0.1, 0.15) is 85.6 Å². The Morgan fingerprint density at radius 2 is 1.21 bits per heavy atom. The standard InChI is InChI=1S/C36H38N6O/c1-41-15-3-5-29(41)35-37-19-27(39-35)24-10-8-21-17-23(9-7-22(21)18-24)25-11-12-26(34-32-14-13-31(43-32)33(25)34)28-20-38-36(40-28)30-6-4-16-42(30)2/h7-12,17-20,29-32H,3-6,13-16H2,1-2H3,(H,37,39)(H,38,40)/t29?,30-,31?,32?/m0/s1. The number of rotatable bonds is 5. The molecule has 3 aromatic carbocycles. The molecule has 9 rings (SSSR count). The highest BCUT2D eigenvalue weighted by atomic mass is 16.5. The molecule has 2 aromatic heterocycles. The number of imidazole rings is 2. The lowest BCUT2D eigenvalue weighted by molar-refractivity contribution is 0.0720. The van der Waals surface area contributed by atoms with E-state index in [1.54, 1.807) is 0 Å². The smallest absolute Gasteiger partial charge is 0.123 e. The van der Waals surface area contributed by atoms with Gasteiger partial charge in [0.25, 0.3) is 0 Å². The molecule has 4 atom stereocenters. The zero-order chi connectivity index (χ0) is 28.7. The van der Waals surface area contributed by atoms with Gasteiger partial charge in [-0.05, 0) is 111 Å². The number of benzene rings is 3. The first kappa shape index (κ1) is 25.7. The molecule has 7 nitrogen and oxygen atoms in total. The molecule has 2 bridgehead atoms. The first-order valence-electron chi connectivity index (χ1n) is 16.0. The molecular formula is C36H38N6O. The minimum absolute atomic E-state index is 0.169. The van der Waals surface area contributed by atoms with Crippen molar-refractivity contribution in [3.63, 3.8) is 0 Å². The van der Waals surface area contributed by atoms with Crippen molar-refractivity contribution in [3.8, 4) is 33.6 Å². The van der Waals surface area contributed by atoms with Gasteiger partial charge in [0.15, 0.2) is 0 Å². The zero-order valence-corrected chi connectivity index (χ0v) is 24.9. The fraction of sp³-hybridized carbons (Fsp3) is 0.389. The zero-order valence-electron chi connectivity index (χ0n) is 24.9. The predicted molar refractivity (Wildman–Crippen MR) is 170 cm³/mol. The van der Waals surface area contributed by atoms with Gasteiger partial charge in [0.2, 0.25) is 0 Å². The van der Waals surface area contributed by atoms with Crippen LogP contribution in [0.5, 0.6) is 0 Å². The number of nitrogens with zero attached hydrogens (tertiary/aromatic N) is 4. The van der Waals surface area contributed by atoms with Gasteiger partial charge in [-0.15, -0.1) is 0 Å². The average molecular weight is 571 g/mol. The molecule has 5 aromatic rings. The molecule has 3 unspecified atom stereocenters. The summed E-state index contributed by atoms with van der Waals surface area (Å²) in [6.45, 7) is 2.28. The van der Waals surface area contributed by atoms with Crippen molar-refractivity contribution < 1.29 is 4.74 Å². The minimum Gasteiger partial charge on any atom is -0.366 e. The number of hydrogen-bond donors (Lipinski definition) is 2. The Morgan fingerprint density at radius 1 is 0.651 bits per heavy atom. The summed E-state index contributed by atoms with van der Waals surface area (Å²) in [5.74, 6) is 2.17. The molecule has 0 saturated carbocycles. The van der Waals surface area contributed by atoms with Crippen LogP contribution in [0.3, 0.4) is 0 Å². The Labute approximate surface area is 252 Å². The lowest BCUT2D eigenvalue weighted by atomic mass is 9.82. The largest absolute Gasteiger partial charge is 0.366 e. The maximum atomic E-state index is 6.53. The number of likely N-dealkylation sites (tertiary alicyclic amines) is 2. The van der Waals surface area contributed by atoms with Crippen LogP contribution in [-0.2, 0) is 4.74 Å². The van der Waals surface area contributed by atoms with E-state index in [2.05, 4.69) is 82.4 Å². The molecular weight excluding hydrogens is 532 g/mol. The molecule has 218 valence electrons. The van der Waals surface area contributed by atoms with Crippen molar-refractivity contribution in [3.05, 3.63) is 83.7 Å². The van der Waals surface area contributed by atoms with E-state index >= 15 is 0 Å². The van der Waals surface area contributed by atoms with Gasteiger partial charge in [0.1, 0.15) is 11.6 Å². The second-order valence-electron chi connectivity index (χ2n) is 13.1. The lowest BCUT2D eigenvalue weighted by Gasteiger charge is -2.20. The number of nitrogens with one attached hydrogen (secondary N) is 2. The van der Waals surface area contributed by atoms with E-state index in [4.69, 9.17) is 14.7 Å². The lowest BCUT2D eigenvalue weighted by Crippen LogP contribution is -2.18. The second kappa shape index (κ2) is 9.88. The number of H-pyrrole nitrogens is 2. The summed E-state index contributed by atoms with van der Waals surface area (Å²) in [6.07, 6.45) is 11.3. The number of fused-ring (bicyclic) bond motifs is 6. The quantitative estimate of drug-likeness (QED) is 0.226.